The van der Waals surface area contributed by atoms with Gasteiger partial charge < -0.3 is 19.7 Å². The molecular weight excluding hydrogens is 380 g/mol. The molecule has 4 rings (SSSR count). The minimum atomic E-state index is -0.00374. The Morgan fingerprint density at radius 2 is 2.23 bits per heavy atom. The topological polar surface area (TPSA) is 76.8 Å². The predicted octanol–water partition coefficient (Wildman–Crippen LogP) is 2.68. The predicted molar refractivity (Wildman–Crippen MR) is 115 cm³/mol. The van der Waals surface area contributed by atoms with Crippen LogP contribution in [0.15, 0.2) is 35.7 Å². The molecule has 2 aliphatic rings. The highest BCUT2D eigenvalue weighted by atomic mass is 16.5. The maximum Gasteiger partial charge on any atom is 0.218 e. The van der Waals surface area contributed by atoms with E-state index in [-0.39, 0.29) is 12.2 Å². The number of aromatic nitrogens is 3. The highest BCUT2D eigenvalue weighted by molar-refractivity contribution is 5.80. The Kier molecular flexibility index (Phi) is 6.84. The quantitative estimate of drug-likeness (QED) is 0.581. The molecule has 0 radical (unpaired) electrons. The van der Waals surface area contributed by atoms with E-state index in [1.807, 2.05) is 30.2 Å². The fourth-order valence-electron chi connectivity index (χ4n) is 4.05. The SMILES string of the molecule is CCNC(=NCc1cccnc1OC1CCCC1)N1CCOC(c2cnn(C)c2)C1. The molecule has 162 valence electrons. The summed E-state index contributed by atoms with van der Waals surface area (Å²) in [5, 5.41) is 7.71. The molecule has 2 fully saturated rings. The van der Waals surface area contributed by atoms with Crippen molar-refractivity contribution in [3.05, 3.63) is 41.9 Å². The standard InChI is InChI=1S/C22H32N6O2/c1-3-23-22(28-11-12-29-20(16-28)18-14-26-27(2)15-18)25-13-17-7-6-10-24-21(17)30-19-8-4-5-9-19/h6-7,10,14-15,19-20H,3-5,8-9,11-13,16H2,1-2H3,(H,23,25). The summed E-state index contributed by atoms with van der Waals surface area (Å²) in [5.41, 5.74) is 2.12. The molecular formula is C22H32N6O2. The van der Waals surface area contributed by atoms with E-state index in [4.69, 9.17) is 14.5 Å². The van der Waals surface area contributed by atoms with Gasteiger partial charge in [0.1, 0.15) is 12.2 Å². The summed E-state index contributed by atoms with van der Waals surface area (Å²) in [6.07, 6.45) is 10.7. The number of ether oxygens (including phenoxy) is 2. The fraction of sp³-hybridized carbons (Fsp3) is 0.591. The van der Waals surface area contributed by atoms with Gasteiger partial charge in [0, 0.05) is 43.7 Å². The number of pyridine rings is 1. The number of nitrogens with zero attached hydrogens (tertiary/aromatic N) is 5. The van der Waals surface area contributed by atoms with Crippen LogP contribution in [0.25, 0.3) is 0 Å². The van der Waals surface area contributed by atoms with Crippen molar-refractivity contribution in [3.63, 3.8) is 0 Å². The molecule has 0 spiro atoms. The lowest BCUT2D eigenvalue weighted by Crippen LogP contribution is -2.48. The van der Waals surface area contributed by atoms with E-state index < -0.39 is 0 Å². The van der Waals surface area contributed by atoms with Gasteiger partial charge in [-0.2, -0.15) is 5.10 Å². The van der Waals surface area contributed by atoms with Crippen LogP contribution in [0.4, 0.5) is 0 Å². The van der Waals surface area contributed by atoms with Crippen LogP contribution in [-0.4, -0.2) is 58.0 Å². The maximum atomic E-state index is 6.18. The molecule has 1 saturated heterocycles. The van der Waals surface area contributed by atoms with Gasteiger partial charge in [-0.3, -0.25) is 4.68 Å². The summed E-state index contributed by atoms with van der Waals surface area (Å²) < 4.78 is 14.0. The van der Waals surface area contributed by atoms with Crippen molar-refractivity contribution in [1.29, 1.82) is 0 Å². The van der Waals surface area contributed by atoms with E-state index in [1.54, 1.807) is 6.20 Å². The van der Waals surface area contributed by atoms with Gasteiger partial charge in [-0.15, -0.1) is 0 Å². The van der Waals surface area contributed by atoms with Crippen LogP contribution in [0.3, 0.4) is 0 Å². The van der Waals surface area contributed by atoms with Gasteiger partial charge in [-0.1, -0.05) is 6.07 Å². The third-order valence-electron chi connectivity index (χ3n) is 5.63. The van der Waals surface area contributed by atoms with E-state index in [1.165, 1.54) is 12.8 Å². The number of aryl methyl sites for hydroxylation is 1. The molecule has 2 aromatic rings. The minimum absolute atomic E-state index is 0.00374. The molecule has 1 aliphatic carbocycles. The van der Waals surface area contributed by atoms with Crippen LogP contribution in [0.5, 0.6) is 5.88 Å². The minimum Gasteiger partial charge on any atom is -0.474 e. The van der Waals surface area contributed by atoms with Crippen LogP contribution < -0.4 is 10.1 Å². The average molecular weight is 413 g/mol. The smallest absolute Gasteiger partial charge is 0.218 e. The lowest BCUT2D eigenvalue weighted by Gasteiger charge is -2.34. The largest absolute Gasteiger partial charge is 0.474 e. The molecule has 1 saturated carbocycles. The summed E-state index contributed by atoms with van der Waals surface area (Å²) in [6.45, 7) is 5.65. The van der Waals surface area contributed by atoms with Crippen molar-refractivity contribution < 1.29 is 9.47 Å². The summed E-state index contributed by atoms with van der Waals surface area (Å²) in [4.78, 5) is 11.7. The zero-order chi connectivity index (χ0) is 20.8. The zero-order valence-electron chi connectivity index (χ0n) is 18.0. The molecule has 8 nitrogen and oxygen atoms in total. The lowest BCUT2D eigenvalue weighted by molar-refractivity contribution is -0.00805. The van der Waals surface area contributed by atoms with Crippen molar-refractivity contribution in [1.82, 2.24) is 25.0 Å². The van der Waals surface area contributed by atoms with Gasteiger partial charge in [0.2, 0.25) is 5.88 Å². The monoisotopic (exact) mass is 412 g/mol. The first-order chi connectivity index (χ1) is 14.7. The molecule has 30 heavy (non-hydrogen) atoms. The second-order valence-corrected chi connectivity index (χ2v) is 7.91. The van der Waals surface area contributed by atoms with Gasteiger partial charge in [0.05, 0.1) is 25.9 Å². The number of rotatable bonds is 6. The zero-order valence-corrected chi connectivity index (χ0v) is 18.0. The van der Waals surface area contributed by atoms with Crippen molar-refractivity contribution in [2.45, 2.75) is 51.4 Å². The van der Waals surface area contributed by atoms with Gasteiger partial charge in [-0.05, 0) is 38.7 Å². The van der Waals surface area contributed by atoms with Gasteiger partial charge in [-0.25, -0.2) is 9.98 Å². The Morgan fingerprint density at radius 1 is 1.37 bits per heavy atom. The number of hydrogen-bond acceptors (Lipinski definition) is 5. The Bertz CT molecular complexity index is 846. The fourth-order valence-corrected chi connectivity index (χ4v) is 4.05. The van der Waals surface area contributed by atoms with Crippen molar-refractivity contribution in [3.8, 4) is 5.88 Å². The highest BCUT2D eigenvalue weighted by Crippen LogP contribution is 2.26. The molecule has 0 bridgehead atoms. The Labute approximate surface area is 178 Å². The Hall–Kier alpha value is -2.61. The van der Waals surface area contributed by atoms with Crippen molar-refractivity contribution >= 4 is 5.96 Å². The summed E-state index contributed by atoms with van der Waals surface area (Å²) in [7, 11) is 1.93. The van der Waals surface area contributed by atoms with Crippen LogP contribution in [0.2, 0.25) is 0 Å². The van der Waals surface area contributed by atoms with E-state index in [9.17, 15) is 0 Å². The third kappa shape index (κ3) is 5.11. The maximum absolute atomic E-state index is 6.18. The van der Waals surface area contributed by atoms with E-state index in [0.29, 0.717) is 13.2 Å². The molecule has 1 N–H and O–H groups in total. The molecule has 0 amide bonds. The van der Waals surface area contributed by atoms with E-state index in [2.05, 4.69) is 33.3 Å². The van der Waals surface area contributed by atoms with Crippen LogP contribution in [0, 0.1) is 0 Å². The molecule has 3 heterocycles. The van der Waals surface area contributed by atoms with Gasteiger partial charge in [0.25, 0.3) is 0 Å². The third-order valence-corrected chi connectivity index (χ3v) is 5.63. The van der Waals surface area contributed by atoms with E-state index in [0.717, 1.165) is 55.4 Å². The number of nitrogens with one attached hydrogen (secondary N) is 1. The first kappa shape index (κ1) is 20.7. The highest BCUT2D eigenvalue weighted by Gasteiger charge is 2.25. The van der Waals surface area contributed by atoms with Crippen LogP contribution in [-0.2, 0) is 18.3 Å². The molecule has 2 aromatic heterocycles. The Balaban J connectivity index is 1.46. The van der Waals surface area contributed by atoms with Crippen LogP contribution in [0.1, 0.15) is 49.8 Å². The summed E-state index contributed by atoms with van der Waals surface area (Å²) >= 11 is 0. The molecule has 0 aromatic carbocycles. The average Bonchev–Trinajstić information content (AvgIpc) is 3.44. The second kappa shape index (κ2) is 9.93. The van der Waals surface area contributed by atoms with Crippen LogP contribution >= 0.6 is 0 Å². The normalized spacial score (nSPS) is 20.5. The lowest BCUT2D eigenvalue weighted by atomic mass is 10.1. The summed E-state index contributed by atoms with van der Waals surface area (Å²) in [6, 6.07) is 4.01. The first-order valence-electron chi connectivity index (χ1n) is 11.0. The summed E-state index contributed by atoms with van der Waals surface area (Å²) in [5.74, 6) is 1.62. The number of aliphatic imine (C=N–C) groups is 1. The molecule has 1 atom stereocenters. The van der Waals surface area contributed by atoms with Crippen molar-refractivity contribution in [2.75, 3.05) is 26.2 Å². The number of hydrogen-bond donors (Lipinski definition) is 1. The number of morpholine rings is 1. The number of guanidine groups is 1. The molecule has 8 heteroatoms. The molecule has 1 unspecified atom stereocenters. The Morgan fingerprint density at radius 3 is 3.00 bits per heavy atom. The van der Waals surface area contributed by atoms with Crippen molar-refractivity contribution in [2.24, 2.45) is 12.0 Å². The van der Waals surface area contributed by atoms with Gasteiger partial charge >= 0.3 is 0 Å². The first-order valence-corrected chi connectivity index (χ1v) is 11.0. The van der Waals surface area contributed by atoms with E-state index >= 15 is 0 Å². The second-order valence-electron chi connectivity index (χ2n) is 7.91. The van der Waals surface area contributed by atoms with Gasteiger partial charge in [0.15, 0.2) is 5.96 Å². The molecule has 1 aliphatic heterocycles.